The van der Waals surface area contributed by atoms with Crippen molar-refractivity contribution in [1.29, 1.82) is 0 Å². The van der Waals surface area contributed by atoms with Crippen LogP contribution in [0, 0.1) is 3.57 Å². The van der Waals surface area contributed by atoms with E-state index in [0.29, 0.717) is 15.4 Å². The number of carbonyl (C=O) groups excluding carboxylic acids is 1. The lowest BCUT2D eigenvalue weighted by atomic mass is 10.2. The summed E-state index contributed by atoms with van der Waals surface area (Å²) in [6.45, 7) is 0. The molecule has 0 amide bonds. The Morgan fingerprint density at radius 3 is 2.55 bits per heavy atom. The van der Waals surface area contributed by atoms with E-state index in [-0.39, 0.29) is 11.5 Å². The van der Waals surface area contributed by atoms with Gasteiger partial charge in [-0.05, 0) is 34.7 Å². The van der Waals surface area contributed by atoms with E-state index in [0.717, 1.165) is 0 Å². The zero-order valence-corrected chi connectivity index (χ0v) is 7.57. The first-order valence-corrected chi connectivity index (χ1v) is 3.90. The molecule has 0 saturated carbocycles. The van der Waals surface area contributed by atoms with Gasteiger partial charge < -0.3 is 10.2 Å². The molecule has 1 rings (SSSR count). The molecule has 0 heterocycles. The first-order valence-electron chi connectivity index (χ1n) is 2.82. The third-order valence-electron chi connectivity index (χ3n) is 1.25. The fraction of sp³-hybridized carbons (Fsp3) is 0. The highest BCUT2D eigenvalue weighted by Gasteiger charge is 2.07. The molecule has 4 heteroatoms. The van der Waals surface area contributed by atoms with Gasteiger partial charge in [0, 0.05) is 5.56 Å². The summed E-state index contributed by atoms with van der Waals surface area (Å²) in [6.07, 6.45) is 0.626. The number of phenolic OH excluding ortho intramolecular Hbond substituents is 2. The minimum Gasteiger partial charge on any atom is -0.504 e. The minimum absolute atomic E-state index is 0.208. The second-order valence-electron chi connectivity index (χ2n) is 1.95. The highest BCUT2D eigenvalue weighted by molar-refractivity contribution is 14.1. The lowest BCUT2D eigenvalue weighted by Crippen LogP contribution is -1.85. The van der Waals surface area contributed by atoms with Crippen LogP contribution in [0.15, 0.2) is 12.1 Å². The number of hydrogen-bond acceptors (Lipinski definition) is 3. The van der Waals surface area contributed by atoms with Crippen molar-refractivity contribution in [2.75, 3.05) is 0 Å². The summed E-state index contributed by atoms with van der Waals surface area (Å²) in [5.41, 5.74) is 0.376. The molecule has 0 aromatic heterocycles. The summed E-state index contributed by atoms with van der Waals surface area (Å²) < 4.78 is 0.373. The van der Waals surface area contributed by atoms with Crippen molar-refractivity contribution in [3.63, 3.8) is 0 Å². The summed E-state index contributed by atoms with van der Waals surface area (Å²) in [4.78, 5) is 10.3. The molecule has 0 atom stereocenters. The molecule has 0 radical (unpaired) electrons. The largest absolute Gasteiger partial charge is 0.504 e. The van der Waals surface area contributed by atoms with Gasteiger partial charge in [0.15, 0.2) is 17.8 Å². The molecule has 1 aromatic carbocycles. The summed E-state index contributed by atoms with van der Waals surface area (Å²) in [7, 11) is 0. The fourth-order valence-electron chi connectivity index (χ4n) is 0.661. The van der Waals surface area contributed by atoms with Crippen LogP contribution in [-0.4, -0.2) is 16.5 Å². The van der Waals surface area contributed by atoms with Crippen molar-refractivity contribution in [3.05, 3.63) is 21.3 Å². The van der Waals surface area contributed by atoms with Gasteiger partial charge in [-0.2, -0.15) is 0 Å². The molecular formula is C7H5IO3. The first kappa shape index (κ1) is 8.32. The van der Waals surface area contributed by atoms with Crippen molar-refractivity contribution in [2.24, 2.45) is 0 Å². The van der Waals surface area contributed by atoms with Gasteiger partial charge in [0.25, 0.3) is 0 Å². The fourth-order valence-corrected chi connectivity index (χ4v) is 1.24. The van der Waals surface area contributed by atoms with Gasteiger partial charge in [-0.25, -0.2) is 0 Å². The van der Waals surface area contributed by atoms with Crippen molar-refractivity contribution in [1.82, 2.24) is 0 Å². The van der Waals surface area contributed by atoms with Gasteiger partial charge in [0.05, 0.1) is 3.57 Å². The van der Waals surface area contributed by atoms with E-state index in [2.05, 4.69) is 0 Å². The lowest BCUT2D eigenvalue weighted by molar-refractivity contribution is 0.112. The third-order valence-corrected chi connectivity index (χ3v) is 2.39. The van der Waals surface area contributed by atoms with Crippen molar-refractivity contribution < 1.29 is 15.0 Å². The predicted molar refractivity (Wildman–Crippen MR) is 47.9 cm³/mol. The van der Waals surface area contributed by atoms with Crippen molar-refractivity contribution in [2.45, 2.75) is 0 Å². The van der Waals surface area contributed by atoms with Crippen LogP contribution in [-0.2, 0) is 0 Å². The molecule has 11 heavy (non-hydrogen) atoms. The molecule has 0 spiro atoms. The second kappa shape index (κ2) is 3.08. The minimum atomic E-state index is -0.241. The maximum absolute atomic E-state index is 10.3. The average molecular weight is 264 g/mol. The Bertz CT molecular complexity index is 296. The number of rotatable bonds is 1. The molecule has 0 unspecified atom stereocenters. The zero-order chi connectivity index (χ0) is 8.43. The highest BCUT2D eigenvalue weighted by atomic mass is 127. The number of carbonyl (C=O) groups is 1. The maximum atomic E-state index is 10.3. The van der Waals surface area contributed by atoms with Crippen LogP contribution in [0.3, 0.4) is 0 Å². The number of halogens is 1. The molecular weight excluding hydrogens is 259 g/mol. The second-order valence-corrected chi connectivity index (χ2v) is 3.03. The van der Waals surface area contributed by atoms with Gasteiger partial charge in [-0.15, -0.1) is 0 Å². The van der Waals surface area contributed by atoms with Crippen LogP contribution in [0.1, 0.15) is 10.4 Å². The molecule has 3 nitrogen and oxygen atoms in total. The van der Waals surface area contributed by atoms with Gasteiger partial charge >= 0.3 is 0 Å². The van der Waals surface area contributed by atoms with Crippen LogP contribution in [0.5, 0.6) is 11.5 Å². The van der Waals surface area contributed by atoms with Crippen molar-refractivity contribution in [3.8, 4) is 11.5 Å². The average Bonchev–Trinajstić information content (AvgIpc) is 2.01. The maximum Gasteiger partial charge on any atom is 0.171 e. The Balaban J connectivity index is 3.36. The van der Waals surface area contributed by atoms with E-state index in [4.69, 9.17) is 10.2 Å². The summed E-state index contributed by atoms with van der Waals surface area (Å²) in [5.74, 6) is -0.449. The van der Waals surface area contributed by atoms with E-state index in [1.54, 1.807) is 22.6 Å². The topological polar surface area (TPSA) is 57.5 Å². The molecule has 58 valence electrons. The van der Waals surface area contributed by atoms with Crippen LogP contribution >= 0.6 is 22.6 Å². The van der Waals surface area contributed by atoms with Gasteiger partial charge in [0.1, 0.15) is 0 Å². The Morgan fingerprint density at radius 2 is 2.00 bits per heavy atom. The third kappa shape index (κ3) is 1.45. The van der Waals surface area contributed by atoms with E-state index in [9.17, 15) is 4.79 Å². The molecule has 0 saturated heterocycles. The molecule has 0 aliphatic carbocycles. The zero-order valence-electron chi connectivity index (χ0n) is 5.41. The van der Waals surface area contributed by atoms with Gasteiger partial charge in [-0.3, -0.25) is 4.79 Å². The molecule has 2 N–H and O–H groups in total. The number of aldehydes is 1. The SMILES string of the molecule is O=Cc1ccc(O)c(O)c1I. The van der Waals surface area contributed by atoms with Crippen LogP contribution in [0.4, 0.5) is 0 Å². The van der Waals surface area contributed by atoms with Gasteiger partial charge in [-0.1, -0.05) is 0 Å². The summed E-state index contributed by atoms with van der Waals surface area (Å²) in [5, 5.41) is 18.1. The molecule has 0 aliphatic heterocycles. The van der Waals surface area contributed by atoms with Crippen LogP contribution in [0.25, 0.3) is 0 Å². The number of benzene rings is 1. The van der Waals surface area contributed by atoms with Crippen LogP contribution in [0.2, 0.25) is 0 Å². The standard InChI is InChI=1S/C7H5IO3/c8-6-4(3-9)1-2-5(10)7(6)11/h1-3,10-11H. The monoisotopic (exact) mass is 264 g/mol. The summed E-state index contributed by atoms with van der Waals surface area (Å²) in [6, 6.07) is 2.73. The highest BCUT2D eigenvalue weighted by Crippen LogP contribution is 2.31. The molecule has 0 aliphatic rings. The first-order chi connectivity index (χ1) is 5.16. The van der Waals surface area contributed by atoms with E-state index < -0.39 is 0 Å². The van der Waals surface area contributed by atoms with Crippen LogP contribution < -0.4 is 0 Å². The summed E-state index contributed by atoms with van der Waals surface area (Å²) >= 11 is 1.79. The quantitative estimate of drug-likeness (QED) is 0.459. The lowest BCUT2D eigenvalue weighted by Gasteiger charge is -2.00. The Morgan fingerprint density at radius 1 is 1.36 bits per heavy atom. The number of hydrogen-bond donors (Lipinski definition) is 2. The molecule has 1 aromatic rings. The molecule has 0 fully saturated rings. The smallest absolute Gasteiger partial charge is 0.171 e. The number of phenols is 2. The Labute approximate surface area is 76.8 Å². The molecule has 0 bridgehead atoms. The normalized spacial score (nSPS) is 9.55. The number of aromatic hydroxyl groups is 2. The predicted octanol–water partition coefficient (Wildman–Crippen LogP) is 1.51. The Kier molecular flexibility index (Phi) is 2.33. The van der Waals surface area contributed by atoms with E-state index >= 15 is 0 Å². The van der Waals surface area contributed by atoms with Crippen molar-refractivity contribution >= 4 is 28.9 Å². The van der Waals surface area contributed by atoms with Gasteiger partial charge in [0.2, 0.25) is 0 Å². The van der Waals surface area contributed by atoms with E-state index in [1.807, 2.05) is 0 Å². The van der Waals surface area contributed by atoms with E-state index in [1.165, 1.54) is 12.1 Å². The Hall–Kier alpha value is -0.780.